The van der Waals surface area contributed by atoms with Crippen LogP contribution in [0.3, 0.4) is 0 Å². The molecule has 1 fully saturated rings. The predicted molar refractivity (Wildman–Crippen MR) is 72.2 cm³/mol. The lowest BCUT2D eigenvalue weighted by molar-refractivity contribution is 0.0846. The smallest absolute Gasteiger partial charge is 0.254 e. The monoisotopic (exact) mass is 300 g/mol. The summed E-state index contributed by atoms with van der Waals surface area (Å²) in [6.07, 6.45) is 2.66. The molecular formula is C13H17FN2O3S. The lowest BCUT2D eigenvalue weighted by Crippen LogP contribution is -2.51. The first kappa shape index (κ1) is 14.9. The molecule has 0 unspecified atom stereocenters. The van der Waals surface area contributed by atoms with Gasteiger partial charge in [0.05, 0.1) is 10.5 Å². The van der Waals surface area contributed by atoms with Crippen LogP contribution >= 0.6 is 0 Å². The fraction of sp³-hybridized carbons (Fsp3) is 0.462. The molecule has 0 heterocycles. The first-order valence-corrected chi connectivity index (χ1v) is 7.82. The zero-order chi connectivity index (χ0) is 15.1. The molecule has 5 nitrogen and oxygen atoms in total. The molecule has 0 aliphatic heterocycles. The number of halogens is 1. The molecule has 0 bridgehead atoms. The van der Waals surface area contributed by atoms with Crippen molar-refractivity contribution in [1.82, 2.24) is 5.32 Å². The molecular weight excluding hydrogens is 283 g/mol. The van der Waals surface area contributed by atoms with Crippen LogP contribution in [0, 0.1) is 12.7 Å². The first-order valence-electron chi connectivity index (χ1n) is 6.28. The molecule has 110 valence electrons. The standard InChI is InChI=1S/C13H17FN2O3S/c1-8-6-9(20(15,18)19)7-10(11(8)14)12(17)16-13(2)4-3-5-13/h6-7H,3-5H2,1-2H3,(H,16,17)(H2,15,18,19). The average Bonchev–Trinajstić information content (AvgIpc) is 2.28. The van der Waals surface area contributed by atoms with E-state index in [-0.39, 0.29) is 21.6 Å². The Morgan fingerprint density at radius 1 is 1.40 bits per heavy atom. The van der Waals surface area contributed by atoms with Crippen molar-refractivity contribution in [2.45, 2.75) is 43.5 Å². The molecule has 0 spiro atoms. The molecule has 0 atom stereocenters. The van der Waals surface area contributed by atoms with E-state index in [0.717, 1.165) is 31.4 Å². The summed E-state index contributed by atoms with van der Waals surface area (Å²) < 4.78 is 36.7. The third-order valence-electron chi connectivity index (χ3n) is 3.67. The van der Waals surface area contributed by atoms with Crippen molar-refractivity contribution in [3.05, 3.63) is 29.1 Å². The Balaban J connectivity index is 2.40. The molecule has 2 rings (SSSR count). The van der Waals surface area contributed by atoms with E-state index in [2.05, 4.69) is 5.32 Å². The fourth-order valence-electron chi connectivity index (χ4n) is 2.24. The number of nitrogens with one attached hydrogen (secondary N) is 1. The molecule has 3 N–H and O–H groups in total. The summed E-state index contributed by atoms with van der Waals surface area (Å²) >= 11 is 0. The van der Waals surface area contributed by atoms with Gasteiger partial charge >= 0.3 is 0 Å². The summed E-state index contributed by atoms with van der Waals surface area (Å²) in [5, 5.41) is 7.77. The SMILES string of the molecule is Cc1cc(S(N)(=O)=O)cc(C(=O)NC2(C)CCC2)c1F. The Bertz CT molecular complexity index is 666. The van der Waals surface area contributed by atoms with Crippen molar-refractivity contribution in [2.75, 3.05) is 0 Å². The van der Waals surface area contributed by atoms with E-state index in [1.807, 2.05) is 6.92 Å². The fourth-order valence-corrected chi connectivity index (χ4v) is 2.86. The minimum absolute atomic E-state index is 0.0698. The molecule has 7 heteroatoms. The second-order valence-electron chi connectivity index (χ2n) is 5.52. The van der Waals surface area contributed by atoms with Crippen LogP contribution in [0.5, 0.6) is 0 Å². The van der Waals surface area contributed by atoms with Gasteiger partial charge in [-0.2, -0.15) is 0 Å². The maximum atomic E-state index is 14.0. The molecule has 1 aliphatic carbocycles. The van der Waals surface area contributed by atoms with E-state index in [1.54, 1.807) is 0 Å². The highest BCUT2D eigenvalue weighted by atomic mass is 32.2. The molecule has 0 saturated heterocycles. The third-order valence-corrected chi connectivity index (χ3v) is 4.57. The van der Waals surface area contributed by atoms with Gasteiger partial charge in [0, 0.05) is 5.54 Å². The summed E-state index contributed by atoms with van der Waals surface area (Å²) in [6, 6.07) is 2.10. The molecule has 0 radical (unpaired) electrons. The second kappa shape index (κ2) is 4.82. The van der Waals surface area contributed by atoms with Crippen LogP contribution in [0.15, 0.2) is 17.0 Å². The Hall–Kier alpha value is -1.47. The van der Waals surface area contributed by atoms with Crippen LogP contribution < -0.4 is 10.5 Å². The molecule has 1 amide bonds. The van der Waals surface area contributed by atoms with E-state index >= 15 is 0 Å². The minimum atomic E-state index is -3.98. The van der Waals surface area contributed by atoms with Gasteiger partial charge in [-0.25, -0.2) is 17.9 Å². The quantitative estimate of drug-likeness (QED) is 0.885. The number of sulfonamides is 1. The summed E-state index contributed by atoms with van der Waals surface area (Å²) in [5.74, 6) is -1.34. The lowest BCUT2D eigenvalue weighted by Gasteiger charge is -2.39. The average molecular weight is 300 g/mol. The number of benzene rings is 1. The van der Waals surface area contributed by atoms with Gasteiger partial charge in [-0.3, -0.25) is 4.79 Å². The summed E-state index contributed by atoms with van der Waals surface area (Å²) in [6.45, 7) is 3.27. The number of hydrogen-bond acceptors (Lipinski definition) is 3. The Labute approximate surface area is 117 Å². The summed E-state index contributed by atoms with van der Waals surface area (Å²) in [5.41, 5.74) is -0.558. The largest absolute Gasteiger partial charge is 0.347 e. The maximum absolute atomic E-state index is 14.0. The van der Waals surface area contributed by atoms with Crippen molar-refractivity contribution >= 4 is 15.9 Å². The van der Waals surface area contributed by atoms with Crippen molar-refractivity contribution in [3.8, 4) is 0 Å². The molecule has 1 aromatic carbocycles. The van der Waals surface area contributed by atoms with Crippen LogP contribution in [0.1, 0.15) is 42.1 Å². The van der Waals surface area contributed by atoms with Gasteiger partial charge in [0.2, 0.25) is 10.0 Å². The van der Waals surface area contributed by atoms with Gasteiger partial charge in [0.1, 0.15) is 5.82 Å². The molecule has 20 heavy (non-hydrogen) atoms. The van der Waals surface area contributed by atoms with Crippen LogP contribution in [0.4, 0.5) is 4.39 Å². The molecule has 1 saturated carbocycles. The topological polar surface area (TPSA) is 89.3 Å². The van der Waals surface area contributed by atoms with Crippen molar-refractivity contribution in [1.29, 1.82) is 0 Å². The van der Waals surface area contributed by atoms with E-state index in [1.165, 1.54) is 6.92 Å². The Kier molecular flexibility index (Phi) is 3.60. The number of aryl methyl sites for hydroxylation is 1. The molecule has 0 aromatic heterocycles. The predicted octanol–water partition coefficient (Wildman–Crippen LogP) is 1.45. The van der Waals surface area contributed by atoms with E-state index in [0.29, 0.717) is 0 Å². The maximum Gasteiger partial charge on any atom is 0.254 e. The third kappa shape index (κ3) is 2.83. The molecule has 1 aromatic rings. The van der Waals surface area contributed by atoms with Crippen LogP contribution in [0.25, 0.3) is 0 Å². The molecule has 1 aliphatic rings. The number of nitrogens with two attached hydrogens (primary N) is 1. The summed E-state index contributed by atoms with van der Waals surface area (Å²) in [4.78, 5) is 11.9. The second-order valence-corrected chi connectivity index (χ2v) is 7.08. The number of amides is 1. The van der Waals surface area contributed by atoms with Crippen molar-refractivity contribution < 1.29 is 17.6 Å². The number of carbonyl (C=O) groups is 1. The number of carbonyl (C=O) groups excluding carboxylic acids is 1. The van der Waals surface area contributed by atoms with E-state index in [4.69, 9.17) is 5.14 Å². The number of primary sulfonamides is 1. The van der Waals surface area contributed by atoms with Gasteiger partial charge in [-0.15, -0.1) is 0 Å². The lowest BCUT2D eigenvalue weighted by atomic mass is 9.78. The first-order chi connectivity index (χ1) is 9.12. The van der Waals surface area contributed by atoms with Gasteiger partial charge in [-0.05, 0) is 50.8 Å². The number of rotatable bonds is 3. The normalized spacial score (nSPS) is 17.4. The van der Waals surface area contributed by atoms with Gasteiger partial charge in [-0.1, -0.05) is 0 Å². The highest BCUT2D eigenvalue weighted by Gasteiger charge is 2.34. The van der Waals surface area contributed by atoms with Gasteiger partial charge in [0.25, 0.3) is 5.91 Å². The summed E-state index contributed by atoms with van der Waals surface area (Å²) in [7, 11) is -3.98. The van der Waals surface area contributed by atoms with Crippen LogP contribution in [0.2, 0.25) is 0 Å². The Morgan fingerprint density at radius 3 is 2.45 bits per heavy atom. The van der Waals surface area contributed by atoms with Crippen LogP contribution in [-0.2, 0) is 10.0 Å². The number of hydrogen-bond donors (Lipinski definition) is 2. The zero-order valence-corrected chi connectivity index (χ0v) is 12.2. The van der Waals surface area contributed by atoms with Crippen molar-refractivity contribution in [2.24, 2.45) is 5.14 Å². The van der Waals surface area contributed by atoms with Crippen molar-refractivity contribution in [3.63, 3.8) is 0 Å². The highest BCUT2D eigenvalue weighted by molar-refractivity contribution is 7.89. The Morgan fingerprint density at radius 2 is 2.00 bits per heavy atom. The zero-order valence-electron chi connectivity index (χ0n) is 11.4. The van der Waals surface area contributed by atoms with E-state index < -0.39 is 21.7 Å². The highest BCUT2D eigenvalue weighted by Crippen LogP contribution is 2.31. The minimum Gasteiger partial charge on any atom is -0.347 e. The van der Waals surface area contributed by atoms with Gasteiger partial charge in [0.15, 0.2) is 0 Å². The van der Waals surface area contributed by atoms with Gasteiger partial charge < -0.3 is 5.32 Å². The van der Waals surface area contributed by atoms with Crippen LogP contribution in [-0.4, -0.2) is 19.9 Å². The van der Waals surface area contributed by atoms with E-state index in [9.17, 15) is 17.6 Å².